The second kappa shape index (κ2) is 6.24. The third-order valence-corrected chi connectivity index (χ3v) is 3.09. The summed E-state index contributed by atoms with van der Waals surface area (Å²) in [7, 11) is 1.29. The zero-order valence-electron chi connectivity index (χ0n) is 10.1. The maximum Gasteiger partial charge on any atom is 0.415 e. The Kier molecular flexibility index (Phi) is 4.96. The molecule has 0 saturated heterocycles. The lowest BCUT2D eigenvalue weighted by Crippen LogP contribution is -2.33. The molecule has 0 aliphatic carbocycles. The third-order valence-electron chi connectivity index (χ3n) is 2.22. The second-order valence-electron chi connectivity index (χ2n) is 3.15. The fourth-order valence-corrected chi connectivity index (χ4v) is 1.99. The van der Waals surface area contributed by atoms with Crippen LogP contribution in [-0.2, 0) is 4.74 Å². The Hall–Kier alpha value is -1.56. The molecule has 0 aliphatic rings. The van der Waals surface area contributed by atoms with Crippen LogP contribution in [-0.4, -0.2) is 37.2 Å². The molecule has 1 rings (SSSR count). The van der Waals surface area contributed by atoms with Crippen LogP contribution >= 0.6 is 11.3 Å². The molecule has 1 aromatic heterocycles. The van der Waals surface area contributed by atoms with E-state index < -0.39 is 12.1 Å². The molecule has 0 saturated carbocycles. The Labute approximate surface area is 104 Å². The van der Waals surface area contributed by atoms with E-state index in [2.05, 4.69) is 4.74 Å². The fourth-order valence-electron chi connectivity index (χ4n) is 1.26. The van der Waals surface area contributed by atoms with Crippen molar-refractivity contribution in [2.75, 3.05) is 20.2 Å². The topological polar surface area (TPSA) is 55.8 Å². The normalized spacial score (nSPS) is 9.82. The first-order chi connectivity index (χ1) is 8.13. The van der Waals surface area contributed by atoms with Gasteiger partial charge in [0.15, 0.2) is 10.6 Å². The number of hydrogen-bond acceptors (Lipinski definition) is 5. The molecule has 0 radical (unpaired) electrons. The summed E-state index contributed by atoms with van der Waals surface area (Å²) in [6.07, 6.45) is -0.460. The number of carbonyl (C=O) groups excluding carboxylic acids is 2. The summed E-state index contributed by atoms with van der Waals surface area (Å²) in [6, 6.07) is 1.58. The number of methoxy groups -OCH3 is 1. The van der Waals surface area contributed by atoms with Crippen molar-refractivity contribution >= 4 is 23.4 Å². The number of rotatable bonds is 4. The molecule has 0 fully saturated rings. The van der Waals surface area contributed by atoms with Crippen LogP contribution in [0.4, 0.5) is 4.79 Å². The van der Waals surface area contributed by atoms with Gasteiger partial charge in [-0.1, -0.05) is 0 Å². The maximum atomic E-state index is 11.7. The average Bonchev–Trinajstić information content (AvgIpc) is 2.77. The summed E-state index contributed by atoms with van der Waals surface area (Å²) < 4.78 is 9.75. The predicted octanol–water partition coefficient (Wildman–Crippen LogP) is 2.38. The van der Waals surface area contributed by atoms with E-state index in [0.29, 0.717) is 18.0 Å². The van der Waals surface area contributed by atoms with Crippen molar-refractivity contribution < 1.29 is 19.1 Å². The van der Waals surface area contributed by atoms with Gasteiger partial charge in [-0.2, -0.15) is 0 Å². The van der Waals surface area contributed by atoms with Gasteiger partial charge in [-0.05, 0) is 25.3 Å². The van der Waals surface area contributed by atoms with Crippen molar-refractivity contribution in [1.82, 2.24) is 4.90 Å². The number of amides is 1. The van der Waals surface area contributed by atoms with Crippen LogP contribution < -0.4 is 4.74 Å². The van der Waals surface area contributed by atoms with Gasteiger partial charge in [0, 0.05) is 13.1 Å². The lowest BCUT2D eigenvalue weighted by Gasteiger charge is -2.17. The first-order valence-corrected chi connectivity index (χ1v) is 6.14. The molecule has 0 bridgehead atoms. The largest absolute Gasteiger partial charge is 0.465 e. The van der Waals surface area contributed by atoms with Gasteiger partial charge in [0.1, 0.15) is 0 Å². The highest BCUT2D eigenvalue weighted by molar-refractivity contribution is 7.12. The Bertz CT molecular complexity index is 398. The smallest absolute Gasteiger partial charge is 0.415 e. The molecule has 0 aliphatic heterocycles. The molecule has 0 unspecified atom stereocenters. The molecule has 0 spiro atoms. The van der Waals surface area contributed by atoms with E-state index in [1.807, 2.05) is 13.8 Å². The summed E-state index contributed by atoms with van der Waals surface area (Å²) in [4.78, 5) is 24.9. The Balaban J connectivity index is 2.78. The van der Waals surface area contributed by atoms with E-state index in [1.54, 1.807) is 11.4 Å². The number of nitrogens with zero attached hydrogens (tertiary/aromatic N) is 1. The van der Waals surface area contributed by atoms with E-state index in [0.717, 1.165) is 0 Å². The van der Waals surface area contributed by atoms with Gasteiger partial charge >= 0.3 is 12.1 Å². The Morgan fingerprint density at radius 1 is 1.35 bits per heavy atom. The van der Waals surface area contributed by atoms with Crippen molar-refractivity contribution in [3.63, 3.8) is 0 Å². The van der Waals surface area contributed by atoms with Crippen molar-refractivity contribution in [2.24, 2.45) is 0 Å². The number of ether oxygens (including phenoxy) is 2. The number of hydrogen-bond donors (Lipinski definition) is 0. The van der Waals surface area contributed by atoms with Gasteiger partial charge < -0.3 is 14.4 Å². The molecule has 1 amide bonds. The van der Waals surface area contributed by atoms with Crippen molar-refractivity contribution in [1.29, 1.82) is 0 Å². The number of thiophene rings is 1. The second-order valence-corrected chi connectivity index (χ2v) is 4.06. The molecule has 5 nitrogen and oxygen atoms in total. The quantitative estimate of drug-likeness (QED) is 0.777. The van der Waals surface area contributed by atoms with Gasteiger partial charge in [0.2, 0.25) is 0 Å². The Morgan fingerprint density at radius 3 is 2.53 bits per heavy atom. The van der Waals surface area contributed by atoms with Crippen molar-refractivity contribution in [3.05, 3.63) is 16.3 Å². The first kappa shape index (κ1) is 13.5. The summed E-state index contributed by atoms with van der Waals surface area (Å²) in [5.41, 5.74) is 0. The fraction of sp³-hybridized carbons (Fsp3) is 0.455. The summed E-state index contributed by atoms with van der Waals surface area (Å²) in [6.45, 7) is 4.85. The minimum Gasteiger partial charge on any atom is -0.465 e. The monoisotopic (exact) mass is 257 g/mol. The van der Waals surface area contributed by atoms with E-state index in [1.165, 1.54) is 23.3 Å². The molecular weight excluding hydrogens is 242 g/mol. The van der Waals surface area contributed by atoms with Crippen molar-refractivity contribution in [2.45, 2.75) is 13.8 Å². The molecule has 6 heteroatoms. The third kappa shape index (κ3) is 3.20. The lowest BCUT2D eigenvalue weighted by molar-refractivity contribution is 0.0603. The predicted molar refractivity (Wildman–Crippen MR) is 64.6 cm³/mol. The highest BCUT2D eigenvalue weighted by atomic mass is 32.1. The van der Waals surface area contributed by atoms with Crippen LogP contribution in [0.5, 0.6) is 5.75 Å². The summed E-state index contributed by atoms with van der Waals surface area (Å²) in [5, 5.41) is 1.68. The average molecular weight is 257 g/mol. The molecule has 94 valence electrons. The molecular formula is C11H15NO4S. The Morgan fingerprint density at radius 2 is 2.00 bits per heavy atom. The van der Waals surface area contributed by atoms with Crippen molar-refractivity contribution in [3.8, 4) is 5.75 Å². The maximum absolute atomic E-state index is 11.7. The van der Waals surface area contributed by atoms with Gasteiger partial charge in [-0.15, -0.1) is 11.3 Å². The number of carbonyl (C=O) groups is 2. The van der Waals surface area contributed by atoms with Gasteiger partial charge in [0.05, 0.1) is 7.11 Å². The summed E-state index contributed by atoms with van der Waals surface area (Å²) in [5.74, 6) is -0.249. The molecule has 0 N–H and O–H groups in total. The minimum atomic E-state index is -0.498. The number of esters is 1. The van der Waals surface area contributed by atoms with Gasteiger partial charge in [-0.3, -0.25) is 0 Å². The first-order valence-electron chi connectivity index (χ1n) is 5.26. The highest BCUT2D eigenvalue weighted by Crippen LogP contribution is 2.26. The SMILES string of the molecule is CCN(CC)C(=O)Oc1ccsc1C(=O)OC. The molecule has 1 aromatic rings. The van der Waals surface area contributed by atoms with E-state index in [9.17, 15) is 9.59 Å². The molecule has 0 aromatic carbocycles. The lowest BCUT2D eigenvalue weighted by atomic mass is 10.4. The van der Waals surface area contributed by atoms with E-state index >= 15 is 0 Å². The van der Waals surface area contributed by atoms with Crippen LogP contribution in [0, 0.1) is 0 Å². The van der Waals surface area contributed by atoms with Crippen LogP contribution in [0.2, 0.25) is 0 Å². The zero-order valence-corrected chi connectivity index (χ0v) is 10.9. The van der Waals surface area contributed by atoms with Gasteiger partial charge in [0.25, 0.3) is 0 Å². The molecule has 0 atom stereocenters. The van der Waals surface area contributed by atoms with Crippen LogP contribution in [0.1, 0.15) is 23.5 Å². The molecule has 1 heterocycles. The zero-order chi connectivity index (χ0) is 12.8. The highest BCUT2D eigenvalue weighted by Gasteiger charge is 2.19. The van der Waals surface area contributed by atoms with E-state index in [-0.39, 0.29) is 5.75 Å². The van der Waals surface area contributed by atoms with Crippen LogP contribution in [0.15, 0.2) is 11.4 Å². The van der Waals surface area contributed by atoms with Crippen LogP contribution in [0.25, 0.3) is 0 Å². The van der Waals surface area contributed by atoms with Crippen LogP contribution in [0.3, 0.4) is 0 Å². The standard InChI is InChI=1S/C11H15NO4S/c1-4-12(5-2)11(14)16-8-6-7-17-9(8)10(13)15-3/h6-7H,4-5H2,1-3H3. The summed E-state index contributed by atoms with van der Waals surface area (Å²) >= 11 is 1.18. The molecule has 17 heavy (non-hydrogen) atoms. The minimum absolute atomic E-state index is 0.249. The van der Waals surface area contributed by atoms with Gasteiger partial charge in [-0.25, -0.2) is 9.59 Å². The van der Waals surface area contributed by atoms with E-state index in [4.69, 9.17) is 4.74 Å².